The molecule has 0 saturated heterocycles. The number of halogens is 1. The molecule has 116 valence electrons. The molecule has 0 aliphatic rings. The highest BCUT2D eigenvalue weighted by molar-refractivity contribution is 14.1. The van der Waals surface area contributed by atoms with Crippen LogP contribution in [0.1, 0.15) is 17.6 Å². The molecule has 0 spiro atoms. The smallest absolute Gasteiger partial charge is 0.231 e. The van der Waals surface area contributed by atoms with Crippen molar-refractivity contribution < 1.29 is 9.59 Å². The molecule has 3 aromatic rings. The number of carbonyl (C=O) groups is 2. The first-order chi connectivity index (χ1) is 11.1. The van der Waals surface area contributed by atoms with Crippen LogP contribution in [-0.4, -0.2) is 16.4 Å². The monoisotopic (exact) mass is 418 g/mol. The Morgan fingerprint density at radius 3 is 2.48 bits per heavy atom. The van der Waals surface area contributed by atoms with E-state index in [2.05, 4.69) is 27.9 Å². The number of aromatic nitrogens is 1. The third-order valence-electron chi connectivity index (χ3n) is 3.56. The zero-order chi connectivity index (χ0) is 16.2. The summed E-state index contributed by atoms with van der Waals surface area (Å²) < 4.78 is 2.71. The topological polar surface area (TPSA) is 51.1 Å². The molecule has 4 nitrogen and oxygen atoms in total. The molecular weight excluding hydrogens is 403 g/mol. The van der Waals surface area contributed by atoms with Crippen molar-refractivity contribution in [2.45, 2.75) is 12.8 Å². The van der Waals surface area contributed by atoms with Gasteiger partial charge in [-0.05, 0) is 59.0 Å². The van der Waals surface area contributed by atoms with Gasteiger partial charge in [0, 0.05) is 33.7 Å². The van der Waals surface area contributed by atoms with E-state index in [0.717, 1.165) is 20.2 Å². The second-order valence-corrected chi connectivity index (χ2v) is 6.44. The summed E-state index contributed by atoms with van der Waals surface area (Å²) in [6.07, 6.45) is 2.09. The predicted molar refractivity (Wildman–Crippen MR) is 99.6 cm³/mol. The van der Waals surface area contributed by atoms with E-state index in [-0.39, 0.29) is 24.7 Å². The molecule has 0 fully saturated rings. The van der Waals surface area contributed by atoms with Gasteiger partial charge in [0.05, 0.1) is 5.52 Å². The van der Waals surface area contributed by atoms with Gasteiger partial charge in [-0.3, -0.25) is 14.2 Å². The van der Waals surface area contributed by atoms with Crippen LogP contribution in [-0.2, 0) is 4.79 Å². The molecule has 0 unspecified atom stereocenters. The van der Waals surface area contributed by atoms with E-state index in [9.17, 15) is 9.59 Å². The lowest BCUT2D eigenvalue weighted by molar-refractivity contribution is -0.116. The van der Waals surface area contributed by atoms with Gasteiger partial charge in [0.1, 0.15) is 0 Å². The van der Waals surface area contributed by atoms with Crippen molar-refractivity contribution in [3.63, 3.8) is 0 Å². The van der Waals surface area contributed by atoms with Crippen LogP contribution in [0, 0.1) is 3.57 Å². The first-order valence-electron chi connectivity index (χ1n) is 7.28. The first kappa shape index (κ1) is 15.7. The average Bonchev–Trinajstić information content (AvgIpc) is 2.99. The summed E-state index contributed by atoms with van der Waals surface area (Å²) >= 11 is 2.21. The minimum absolute atomic E-state index is 0.0797. The van der Waals surface area contributed by atoms with E-state index >= 15 is 0 Å². The Kier molecular flexibility index (Phi) is 4.76. The van der Waals surface area contributed by atoms with Gasteiger partial charge < -0.3 is 5.32 Å². The molecule has 0 bridgehead atoms. The van der Waals surface area contributed by atoms with Crippen LogP contribution in [0.4, 0.5) is 5.69 Å². The zero-order valence-corrected chi connectivity index (χ0v) is 14.5. The number of carbonyl (C=O) groups excluding carboxylic acids is 2. The fourth-order valence-electron chi connectivity index (χ4n) is 2.40. The third kappa shape index (κ3) is 3.79. The van der Waals surface area contributed by atoms with Crippen molar-refractivity contribution in [3.8, 4) is 0 Å². The second kappa shape index (κ2) is 6.95. The van der Waals surface area contributed by atoms with Crippen molar-refractivity contribution in [2.24, 2.45) is 0 Å². The summed E-state index contributed by atoms with van der Waals surface area (Å²) in [5.41, 5.74) is 1.62. The minimum Gasteiger partial charge on any atom is -0.326 e. The molecule has 0 saturated carbocycles. The van der Waals surface area contributed by atoms with Gasteiger partial charge in [0.25, 0.3) is 0 Å². The van der Waals surface area contributed by atoms with Crippen molar-refractivity contribution in [2.75, 3.05) is 5.32 Å². The van der Waals surface area contributed by atoms with Crippen LogP contribution >= 0.6 is 22.6 Å². The highest BCUT2D eigenvalue weighted by Gasteiger charge is 2.11. The van der Waals surface area contributed by atoms with Crippen LogP contribution in [0.3, 0.4) is 0 Å². The molecular formula is C18H15IN2O2. The molecule has 5 heteroatoms. The average molecular weight is 418 g/mol. The molecule has 1 aromatic heterocycles. The van der Waals surface area contributed by atoms with Gasteiger partial charge in [0.2, 0.25) is 11.8 Å². The lowest BCUT2D eigenvalue weighted by atomic mass is 10.2. The number of hydrogen-bond donors (Lipinski definition) is 1. The van der Waals surface area contributed by atoms with E-state index < -0.39 is 0 Å². The highest BCUT2D eigenvalue weighted by Crippen LogP contribution is 2.16. The van der Waals surface area contributed by atoms with E-state index in [0.29, 0.717) is 0 Å². The normalized spacial score (nSPS) is 10.7. The molecule has 0 aliphatic carbocycles. The largest absolute Gasteiger partial charge is 0.326 e. The van der Waals surface area contributed by atoms with E-state index in [1.54, 1.807) is 10.8 Å². The van der Waals surface area contributed by atoms with Crippen molar-refractivity contribution >= 4 is 51.0 Å². The first-order valence-corrected chi connectivity index (χ1v) is 8.36. The summed E-state index contributed by atoms with van der Waals surface area (Å²) in [5, 5.41) is 3.82. The maximum absolute atomic E-state index is 12.3. The van der Waals surface area contributed by atoms with Crippen molar-refractivity contribution in [3.05, 3.63) is 64.4 Å². The van der Waals surface area contributed by atoms with Gasteiger partial charge >= 0.3 is 0 Å². The van der Waals surface area contributed by atoms with Crippen molar-refractivity contribution in [1.82, 2.24) is 4.57 Å². The van der Waals surface area contributed by atoms with E-state index in [1.807, 2.05) is 54.6 Å². The lowest BCUT2D eigenvalue weighted by Gasteiger charge is -2.06. The highest BCUT2D eigenvalue weighted by atomic mass is 127. The molecule has 1 heterocycles. The van der Waals surface area contributed by atoms with E-state index in [1.165, 1.54) is 0 Å². The predicted octanol–water partition coefficient (Wildman–Crippen LogP) is 4.31. The fraction of sp³-hybridized carbons (Fsp3) is 0.111. The summed E-state index contributed by atoms with van der Waals surface area (Å²) in [6.45, 7) is 0. The summed E-state index contributed by atoms with van der Waals surface area (Å²) in [5.74, 6) is -0.236. The quantitative estimate of drug-likeness (QED) is 0.643. The Hall–Kier alpha value is -2.15. The van der Waals surface area contributed by atoms with Gasteiger partial charge in [-0.2, -0.15) is 0 Å². The van der Waals surface area contributed by atoms with Gasteiger partial charge in [-0.1, -0.05) is 18.2 Å². The molecule has 0 aliphatic heterocycles. The maximum atomic E-state index is 12.3. The number of benzene rings is 2. The molecule has 0 atom stereocenters. The zero-order valence-electron chi connectivity index (χ0n) is 12.3. The van der Waals surface area contributed by atoms with E-state index in [4.69, 9.17) is 0 Å². The molecule has 1 amide bonds. The Morgan fingerprint density at radius 2 is 1.70 bits per heavy atom. The lowest BCUT2D eigenvalue weighted by Crippen LogP contribution is -2.16. The fourth-order valence-corrected chi connectivity index (χ4v) is 2.76. The number of fused-ring (bicyclic) bond motifs is 1. The van der Waals surface area contributed by atoms with Gasteiger partial charge in [-0.15, -0.1) is 0 Å². The Labute approximate surface area is 147 Å². The summed E-state index contributed by atoms with van der Waals surface area (Å²) in [4.78, 5) is 24.3. The molecule has 1 N–H and O–H groups in total. The maximum Gasteiger partial charge on any atom is 0.231 e. The Bertz CT molecular complexity index is 853. The number of nitrogens with one attached hydrogen (secondary N) is 1. The van der Waals surface area contributed by atoms with Crippen molar-refractivity contribution in [1.29, 1.82) is 0 Å². The number of anilines is 1. The summed E-state index contributed by atoms with van der Waals surface area (Å²) in [7, 11) is 0. The Balaban J connectivity index is 1.60. The minimum atomic E-state index is -0.156. The van der Waals surface area contributed by atoms with Gasteiger partial charge in [0.15, 0.2) is 0 Å². The van der Waals surface area contributed by atoms with Crippen LogP contribution in [0.2, 0.25) is 0 Å². The molecule has 2 aromatic carbocycles. The van der Waals surface area contributed by atoms with Gasteiger partial charge in [-0.25, -0.2) is 0 Å². The standard InChI is InChI=1S/C18H15IN2O2/c19-14-5-7-15(8-6-14)20-17(22)9-10-18(23)21-12-11-13-3-1-2-4-16(13)21/h1-8,11-12H,9-10H2,(H,20,22). The number of nitrogens with zero attached hydrogens (tertiary/aromatic N) is 1. The van der Waals surface area contributed by atoms with Crippen LogP contribution < -0.4 is 5.32 Å². The SMILES string of the molecule is O=C(CCC(=O)n1ccc2ccccc21)Nc1ccc(I)cc1. The number of rotatable bonds is 4. The van der Waals surface area contributed by atoms with Crippen LogP contribution in [0.25, 0.3) is 10.9 Å². The molecule has 23 heavy (non-hydrogen) atoms. The van der Waals surface area contributed by atoms with Crippen LogP contribution in [0.5, 0.6) is 0 Å². The number of amides is 1. The molecule has 0 radical (unpaired) electrons. The number of hydrogen-bond acceptors (Lipinski definition) is 2. The number of para-hydroxylation sites is 1. The third-order valence-corrected chi connectivity index (χ3v) is 4.28. The molecule has 3 rings (SSSR count). The summed E-state index contributed by atoms with van der Waals surface area (Å²) in [6, 6.07) is 17.1. The second-order valence-electron chi connectivity index (χ2n) is 5.19. The Morgan fingerprint density at radius 1 is 0.957 bits per heavy atom. The van der Waals surface area contributed by atoms with Crippen LogP contribution in [0.15, 0.2) is 60.8 Å².